The lowest BCUT2D eigenvalue weighted by Crippen LogP contribution is -2.44. The van der Waals surface area contributed by atoms with Gasteiger partial charge in [0.2, 0.25) is 0 Å². The molecule has 1 nitrogen and oxygen atoms in total. The molecule has 1 aromatic rings. The van der Waals surface area contributed by atoms with Gasteiger partial charge in [-0.15, -0.1) is 0 Å². The van der Waals surface area contributed by atoms with E-state index in [4.69, 9.17) is 0 Å². The lowest BCUT2D eigenvalue weighted by molar-refractivity contribution is 0.330. The summed E-state index contributed by atoms with van der Waals surface area (Å²) in [7, 11) is 2.10. The molecule has 0 fully saturated rings. The molecule has 0 spiro atoms. The zero-order chi connectivity index (χ0) is 10.3. The molecular weight excluding hydrogens is 182 g/mol. The highest BCUT2D eigenvalue weighted by atomic mass is 14.9. The summed E-state index contributed by atoms with van der Waals surface area (Å²) in [6, 6.07) is 9.58. The van der Waals surface area contributed by atoms with Crippen LogP contribution in [-0.4, -0.2) is 13.1 Å². The summed E-state index contributed by atoms with van der Waals surface area (Å²) in [6.07, 6.45) is 7.15. The Bertz CT molecular complexity index is 394. The van der Waals surface area contributed by atoms with Crippen molar-refractivity contribution in [3.63, 3.8) is 0 Å². The van der Waals surface area contributed by atoms with Gasteiger partial charge in [0.1, 0.15) is 0 Å². The van der Waals surface area contributed by atoms with Gasteiger partial charge in [-0.2, -0.15) is 0 Å². The SMILES string of the molecule is CN[C@H]1[C@@H]2C=CC[C@@H]1c1ccccc1C2. The van der Waals surface area contributed by atoms with E-state index in [0.29, 0.717) is 17.9 Å². The van der Waals surface area contributed by atoms with Gasteiger partial charge in [-0.3, -0.25) is 0 Å². The number of hydrogen-bond donors (Lipinski definition) is 1. The van der Waals surface area contributed by atoms with Crippen LogP contribution in [-0.2, 0) is 6.42 Å². The first-order valence-electron chi connectivity index (χ1n) is 5.82. The van der Waals surface area contributed by atoms with Crippen LogP contribution in [0.15, 0.2) is 36.4 Å². The van der Waals surface area contributed by atoms with Crippen LogP contribution in [0.2, 0.25) is 0 Å². The molecule has 0 radical (unpaired) electrons. The Hall–Kier alpha value is -1.08. The Morgan fingerprint density at radius 1 is 1.27 bits per heavy atom. The quantitative estimate of drug-likeness (QED) is 0.685. The van der Waals surface area contributed by atoms with E-state index in [1.165, 1.54) is 12.8 Å². The lowest BCUT2D eigenvalue weighted by Gasteiger charge is -2.40. The Kier molecular flexibility index (Phi) is 2.14. The zero-order valence-electron chi connectivity index (χ0n) is 9.11. The molecule has 0 unspecified atom stereocenters. The maximum Gasteiger partial charge on any atom is 0.0202 e. The second kappa shape index (κ2) is 3.49. The number of likely N-dealkylation sites (N-methyl/N-ethyl adjacent to an activating group) is 1. The van der Waals surface area contributed by atoms with Crippen molar-refractivity contribution in [2.24, 2.45) is 5.92 Å². The van der Waals surface area contributed by atoms with Gasteiger partial charge in [-0.1, -0.05) is 36.4 Å². The molecule has 2 bridgehead atoms. The third-order valence-electron chi connectivity index (χ3n) is 3.91. The van der Waals surface area contributed by atoms with E-state index in [0.717, 1.165) is 0 Å². The van der Waals surface area contributed by atoms with Gasteiger partial charge in [0.05, 0.1) is 0 Å². The Morgan fingerprint density at radius 2 is 2.13 bits per heavy atom. The molecule has 0 saturated carbocycles. The van der Waals surface area contributed by atoms with Crippen LogP contribution in [0.25, 0.3) is 0 Å². The summed E-state index contributed by atoms with van der Waals surface area (Å²) in [5.74, 6) is 1.39. The molecule has 0 saturated heterocycles. The molecule has 0 amide bonds. The molecule has 3 atom stereocenters. The molecular formula is C14H17N. The summed E-state index contributed by atoms with van der Waals surface area (Å²) < 4.78 is 0. The standard InChI is InChI=1S/C14H17N/c1-15-14-11-6-4-8-13(14)12-7-3-2-5-10(12)9-11/h2-7,11,13-15H,8-9H2,1H3/t11-,13-,14+/m1/s1. The number of nitrogens with one attached hydrogen (secondary N) is 1. The fourth-order valence-corrected chi connectivity index (χ4v) is 3.23. The summed E-state index contributed by atoms with van der Waals surface area (Å²) in [6.45, 7) is 0. The van der Waals surface area contributed by atoms with Crippen LogP contribution < -0.4 is 5.32 Å². The maximum atomic E-state index is 3.50. The van der Waals surface area contributed by atoms with Crippen molar-refractivity contribution in [3.8, 4) is 0 Å². The van der Waals surface area contributed by atoms with E-state index in [-0.39, 0.29) is 0 Å². The van der Waals surface area contributed by atoms with Crippen LogP contribution in [0, 0.1) is 5.92 Å². The first-order valence-corrected chi connectivity index (χ1v) is 5.82. The van der Waals surface area contributed by atoms with Crippen molar-refractivity contribution in [1.29, 1.82) is 0 Å². The molecule has 0 aromatic heterocycles. The average molecular weight is 199 g/mol. The minimum Gasteiger partial charge on any atom is -0.316 e. The van der Waals surface area contributed by atoms with E-state index < -0.39 is 0 Å². The van der Waals surface area contributed by atoms with Crippen LogP contribution in [0.5, 0.6) is 0 Å². The number of allylic oxidation sites excluding steroid dienone is 1. The van der Waals surface area contributed by atoms with Crippen LogP contribution in [0.4, 0.5) is 0 Å². The monoisotopic (exact) mass is 199 g/mol. The van der Waals surface area contributed by atoms with Crippen molar-refractivity contribution in [2.45, 2.75) is 24.8 Å². The number of benzene rings is 1. The predicted molar refractivity (Wildman–Crippen MR) is 63.0 cm³/mol. The molecule has 0 heterocycles. The van der Waals surface area contributed by atoms with Crippen molar-refractivity contribution >= 4 is 0 Å². The first kappa shape index (κ1) is 9.17. The molecule has 0 aliphatic heterocycles. The number of fused-ring (bicyclic) bond motifs is 4. The lowest BCUT2D eigenvalue weighted by atomic mass is 9.69. The minimum absolute atomic E-state index is 0.643. The van der Waals surface area contributed by atoms with Gasteiger partial charge >= 0.3 is 0 Å². The van der Waals surface area contributed by atoms with E-state index in [1.807, 2.05) is 0 Å². The van der Waals surface area contributed by atoms with Gasteiger partial charge in [-0.25, -0.2) is 0 Å². The zero-order valence-corrected chi connectivity index (χ0v) is 9.11. The van der Waals surface area contributed by atoms with Gasteiger partial charge in [0.15, 0.2) is 0 Å². The highest BCUT2D eigenvalue weighted by molar-refractivity contribution is 5.38. The van der Waals surface area contributed by atoms with E-state index in [9.17, 15) is 0 Å². The Labute approximate surface area is 91.2 Å². The van der Waals surface area contributed by atoms with E-state index in [1.54, 1.807) is 11.1 Å². The molecule has 2 aliphatic rings. The predicted octanol–water partition coefficient (Wildman–Crippen LogP) is 2.49. The summed E-state index contributed by atoms with van der Waals surface area (Å²) in [5, 5.41) is 3.50. The highest BCUT2D eigenvalue weighted by Crippen LogP contribution is 2.40. The molecule has 1 N–H and O–H groups in total. The van der Waals surface area contributed by atoms with Gasteiger partial charge < -0.3 is 5.32 Å². The largest absolute Gasteiger partial charge is 0.316 e. The normalized spacial score (nSPS) is 32.5. The first-order chi connectivity index (χ1) is 7.40. The van der Waals surface area contributed by atoms with E-state index >= 15 is 0 Å². The smallest absolute Gasteiger partial charge is 0.0202 e. The Morgan fingerprint density at radius 3 is 3.00 bits per heavy atom. The maximum absolute atomic E-state index is 3.50. The van der Waals surface area contributed by atoms with Crippen molar-refractivity contribution < 1.29 is 0 Å². The molecule has 3 rings (SSSR count). The Balaban J connectivity index is 2.08. The van der Waals surface area contributed by atoms with Gasteiger partial charge in [0, 0.05) is 12.0 Å². The number of rotatable bonds is 1. The van der Waals surface area contributed by atoms with E-state index in [2.05, 4.69) is 48.8 Å². The van der Waals surface area contributed by atoms with Crippen LogP contribution in [0.3, 0.4) is 0 Å². The second-order valence-corrected chi connectivity index (χ2v) is 4.65. The third-order valence-corrected chi connectivity index (χ3v) is 3.91. The summed E-state index contributed by atoms with van der Waals surface area (Å²) >= 11 is 0. The topological polar surface area (TPSA) is 12.0 Å². The van der Waals surface area contributed by atoms with Crippen molar-refractivity contribution in [3.05, 3.63) is 47.5 Å². The fourth-order valence-electron chi connectivity index (χ4n) is 3.23. The molecule has 1 aromatic carbocycles. The summed E-state index contributed by atoms with van der Waals surface area (Å²) in [4.78, 5) is 0. The van der Waals surface area contributed by atoms with Crippen molar-refractivity contribution in [2.75, 3.05) is 7.05 Å². The minimum atomic E-state index is 0.643. The third kappa shape index (κ3) is 1.34. The van der Waals surface area contributed by atoms with Crippen LogP contribution >= 0.6 is 0 Å². The van der Waals surface area contributed by atoms with Gasteiger partial charge in [0.25, 0.3) is 0 Å². The molecule has 2 aliphatic carbocycles. The molecule has 15 heavy (non-hydrogen) atoms. The molecule has 1 heteroatoms. The van der Waals surface area contributed by atoms with Crippen LogP contribution in [0.1, 0.15) is 23.5 Å². The fraction of sp³-hybridized carbons (Fsp3) is 0.429. The average Bonchev–Trinajstić information content (AvgIpc) is 2.28. The van der Waals surface area contributed by atoms with Gasteiger partial charge in [-0.05, 0) is 36.9 Å². The molecule has 78 valence electrons. The van der Waals surface area contributed by atoms with Crippen molar-refractivity contribution in [1.82, 2.24) is 5.32 Å². The summed E-state index contributed by atoms with van der Waals surface area (Å²) in [5.41, 5.74) is 3.13. The highest BCUT2D eigenvalue weighted by Gasteiger charge is 2.35. The second-order valence-electron chi connectivity index (χ2n) is 4.65. The number of hydrogen-bond acceptors (Lipinski definition) is 1.